The Labute approximate surface area is 177 Å². The standard InChI is InChI=1S/C22H31N5OS/c1-3-9-19(17-10-5-4-6-11-17)23-20(28)16(2)29-22-25-24-21(26-14-7-8-15-26)27(22)18-12-13-18/h4-6,10-11,16,18-19H,3,7-9,12-15H2,1-2H3,(H,23,28)/t16-,19-/m0/s1. The molecule has 1 saturated heterocycles. The van der Waals surface area contributed by atoms with Gasteiger partial charge in [0.2, 0.25) is 11.9 Å². The second-order valence-corrected chi connectivity index (χ2v) is 9.41. The molecular weight excluding hydrogens is 382 g/mol. The third kappa shape index (κ3) is 4.77. The molecule has 2 atom stereocenters. The summed E-state index contributed by atoms with van der Waals surface area (Å²) < 4.78 is 2.28. The lowest BCUT2D eigenvalue weighted by Crippen LogP contribution is -2.34. The van der Waals surface area contributed by atoms with Crippen LogP contribution in [-0.4, -0.2) is 39.0 Å². The molecular formula is C22H31N5OS. The van der Waals surface area contributed by atoms with Crippen molar-refractivity contribution in [2.75, 3.05) is 18.0 Å². The molecule has 6 nitrogen and oxygen atoms in total. The number of hydrogen-bond donors (Lipinski definition) is 1. The Kier molecular flexibility index (Phi) is 6.43. The summed E-state index contributed by atoms with van der Waals surface area (Å²) in [7, 11) is 0. The Morgan fingerprint density at radius 2 is 1.93 bits per heavy atom. The predicted molar refractivity (Wildman–Crippen MR) is 117 cm³/mol. The van der Waals surface area contributed by atoms with E-state index in [1.165, 1.54) is 37.4 Å². The smallest absolute Gasteiger partial charge is 0.233 e. The van der Waals surface area contributed by atoms with E-state index < -0.39 is 0 Å². The maximum atomic E-state index is 13.0. The van der Waals surface area contributed by atoms with E-state index >= 15 is 0 Å². The molecule has 1 aromatic heterocycles. The van der Waals surface area contributed by atoms with Crippen LogP contribution in [0, 0.1) is 0 Å². The average Bonchev–Trinajstić information content (AvgIpc) is 3.25. The molecule has 1 saturated carbocycles. The molecule has 0 unspecified atom stereocenters. The monoisotopic (exact) mass is 413 g/mol. The molecule has 156 valence electrons. The van der Waals surface area contributed by atoms with Gasteiger partial charge in [0.25, 0.3) is 0 Å². The summed E-state index contributed by atoms with van der Waals surface area (Å²) in [5.41, 5.74) is 1.16. The van der Waals surface area contributed by atoms with E-state index in [0.717, 1.165) is 42.6 Å². The van der Waals surface area contributed by atoms with Crippen molar-refractivity contribution in [2.45, 2.75) is 74.9 Å². The number of carbonyl (C=O) groups excluding carboxylic acids is 1. The number of nitrogens with zero attached hydrogens (tertiary/aromatic N) is 4. The number of amides is 1. The average molecular weight is 414 g/mol. The molecule has 2 fully saturated rings. The van der Waals surface area contributed by atoms with Gasteiger partial charge >= 0.3 is 0 Å². The first kappa shape index (κ1) is 20.3. The first-order valence-electron chi connectivity index (χ1n) is 10.9. The fraction of sp³-hybridized carbons (Fsp3) is 0.591. The molecule has 1 aliphatic heterocycles. The zero-order chi connectivity index (χ0) is 20.2. The van der Waals surface area contributed by atoms with Crippen molar-refractivity contribution < 1.29 is 4.79 Å². The lowest BCUT2D eigenvalue weighted by molar-refractivity contribution is -0.121. The minimum absolute atomic E-state index is 0.0539. The van der Waals surface area contributed by atoms with Gasteiger partial charge in [-0.1, -0.05) is 55.4 Å². The highest BCUT2D eigenvalue weighted by molar-refractivity contribution is 8.00. The van der Waals surface area contributed by atoms with Crippen LogP contribution in [0.15, 0.2) is 35.5 Å². The van der Waals surface area contributed by atoms with Crippen molar-refractivity contribution in [3.8, 4) is 0 Å². The lowest BCUT2D eigenvalue weighted by atomic mass is 10.0. The van der Waals surface area contributed by atoms with Crippen LogP contribution >= 0.6 is 11.8 Å². The van der Waals surface area contributed by atoms with Gasteiger partial charge in [-0.2, -0.15) is 0 Å². The van der Waals surface area contributed by atoms with Gasteiger partial charge in [-0.15, -0.1) is 10.2 Å². The summed E-state index contributed by atoms with van der Waals surface area (Å²) in [4.78, 5) is 15.3. The van der Waals surface area contributed by atoms with Crippen LogP contribution < -0.4 is 10.2 Å². The summed E-state index contributed by atoms with van der Waals surface area (Å²) >= 11 is 1.53. The number of anilines is 1. The van der Waals surface area contributed by atoms with Crippen LogP contribution in [0.3, 0.4) is 0 Å². The second-order valence-electron chi connectivity index (χ2n) is 8.10. The molecule has 2 heterocycles. The van der Waals surface area contributed by atoms with Crippen LogP contribution in [0.2, 0.25) is 0 Å². The fourth-order valence-corrected chi connectivity index (χ4v) is 4.86. The maximum Gasteiger partial charge on any atom is 0.233 e. The third-order valence-electron chi connectivity index (χ3n) is 5.69. The minimum Gasteiger partial charge on any atom is -0.348 e. The summed E-state index contributed by atoms with van der Waals surface area (Å²) in [6, 6.07) is 10.8. The summed E-state index contributed by atoms with van der Waals surface area (Å²) in [6.07, 6.45) is 6.76. The van der Waals surface area contributed by atoms with E-state index in [9.17, 15) is 4.79 Å². The number of thioether (sulfide) groups is 1. The molecule has 1 aliphatic carbocycles. The largest absolute Gasteiger partial charge is 0.348 e. The molecule has 1 amide bonds. The van der Waals surface area contributed by atoms with Crippen molar-refractivity contribution in [3.05, 3.63) is 35.9 Å². The highest BCUT2D eigenvalue weighted by atomic mass is 32.2. The molecule has 29 heavy (non-hydrogen) atoms. The van der Waals surface area contributed by atoms with Crippen molar-refractivity contribution in [2.24, 2.45) is 0 Å². The first-order valence-corrected chi connectivity index (χ1v) is 11.8. The Hall–Kier alpha value is -2.02. The highest BCUT2D eigenvalue weighted by Gasteiger charge is 2.33. The van der Waals surface area contributed by atoms with Crippen molar-refractivity contribution in [1.82, 2.24) is 20.1 Å². The Bertz CT molecular complexity index is 814. The van der Waals surface area contributed by atoms with Gasteiger partial charge in [-0.3, -0.25) is 9.36 Å². The molecule has 0 radical (unpaired) electrons. The summed E-state index contributed by atoms with van der Waals surface area (Å²) in [6.45, 7) is 6.23. The molecule has 2 aliphatic rings. The number of hydrogen-bond acceptors (Lipinski definition) is 5. The zero-order valence-corrected chi connectivity index (χ0v) is 18.2. The van der Waals surface area contributed by atoms with Crippen LogP contribution in [0.5, 0.6) is 0 Å². The minimum atomic E-state index is -0.216. The fourth-order valence-electron chi connectivity index (χ4n) is 3.93. The molecule has 1 aromatic carbocycles. The van der Waals surface area contributed by atoms with Gasteiger partial charge in [-0.25, -0.2) is 0 Å². The normalized spacial score (nSPS) is 18.6. The molecule has 0 bridgehead atoms. The second kappa shape index (κ2) is 9.20. The molecule has 4 rings (SSSR count). The first-order chi connectivity index (χ1) is 14.2. The van der Waals surface area contributed by atoms with Crippen LogP contribution in [-0.2, 0) is 4.79 Å². The zero-order valence-electron chi connectivity index (χ0n) is 17.4. The number of benzene rings is 1. The van der Waals surface area contributed by atoms with Gasteiger partial charge in [0.05, 0.1) is 11.3 Å². The maximum absolute atomic E-state index is 13.0. The lowest BCUT2D eigenvalue weighted by Gasteiger charge is -2.21. The van der Waals surface area contributed by atoms with Gasteiger partial charge < -0.3 is 10.2 Å². The Morgan fingerprint density at radius 3 is 2.59 bits per heavy atom. The third-order valence-corrected chi connectivity index (χ3v) is 6.75. The van der Waals surface area contributed by atoms with Crippen LogP contribution in [0.1, 0.15) is 70.0 Å². The van der Waals surface area contributed by atoms with E-state index in [1.807, 2.05) is 25.1 Å². The van der Waals surface area contributed by atoms with Gasteiger partial charge in [0, 0.05) is 19.1 Å². The van der Waals surface area contributed by atoms with E-state index in [1.54, 1.807) is 0 Å². The number of carbonyl (C=O) groups is 1. The SMILES string of the molecule is CCC[C@H](NC(=O)[C@H](C)Sc1nnc(N2CCCC2)n1C1CC1)c1ccccc1. The topological polar surface area (TPSA) is 63.1 Å². The Morgan fingerprint density at radius 1 is 1.21 bits per heavy atom. The predicted octanol–water partition coefficient (Wildman–Crippen LogP) is 4.35. The van der Waals surface area contributed by atoms with Gasteiger partial charge in [-0.05, 0) is 44.6 Å². The van der Waals surface area contributed by atoms with Crippen LogP contribution in [0.25, 0.3) is 0 Å². The summed E-state index contributed by atoms with van der Waals surface area (Å²) in [5.74, 6) is 1.05. The number of rotatable bonds is 9. The van der Waals surface area contributed by atoms with Gasteiger partial charge in [0.1, 0.15) is 0 Å². The molecule has 7 heteroatoms. The molecule has 2 aromatic rings. The van der Waals surface area contributed by atoms with E-state index in [-0.39, 0.29) is 17.2 Å². The van der Waals surface area contributed by atoms with Crippen molar-refractivity contribution >= 4 is 23.6 Å². The molecule has 1 N–H and O–H groups in total. The van der Waals surface area contributed by atoms with E-state index in [0.29, 0.717) is 6.04 Å². The summed E-state index contributed by atoms with van der Waals surface area (Å²) in [5, 5.41) is 12.9. The van der Waals surface area contributed by atoms with Crippen molar-refractivity contribution in [1.29, 1.82) is 0 Å². The molecule has 0 spiro atoms. The Balaban J connectivity index is 1.44. The van der Waals surface area contributed by atoms with Crippen LogP contribution in [0.4, 0.5) is 5.95 Å². The number of aromatic nitrogens is 3. The van der Waals surface area contributed by atoms with Gasteiger partial charge in [0.15, 0.2) is 5.16 Å². The van der Waals surface area contributed by atoms with E-state index in [4.69, 9.17) is 0 Å². The quantitative estimate of drug-likeness (QED) is 0.619. The highest BCUT2D eigenvalue weighted by Crippen LogP contribution is 2.42. The van der Waals surface area contributed by atoms with Crippen molar-refractivity contribution in [3.63, 3.8) is 0 Å². The van der Waals surface area contributed by atoms with E-state index in [2.05, 4.69) is 44.0 Å². The number of nitrogens with one attached hydrogen (secondary N) is 1.